The third-order valence-electron chi connectivity index (χ3n) is 1.54. The van der Waals surface area contributed by atoms with Crippen LogP contribution in [0.3, 0.4) is 0 Å². The van der Waals surface area contributed by atoms with Crippen LogP contribution in [0.4, 0.5) is 0 Å². The quantitative estimate of drug-likeness (QED) is 0.811. The highest BCUT2D eigenvalue weighted by Crippen LogP contribution is 2.21. The van der Waals surface area contributed by atoms with Crippen LogP contribution in [0.15, 0.2) is 10.4 Å². The summed E-state index contributed by atoms with van der Waals surface area (Å²) in [5.41, 5.74) is 0. The van der Waals surface area contributed by atoms with E-state index in [4.69, 9.17) is 11.6 Å². The zero-order valence-corrected chi connectivity index (χ0v) is 11.3. The summed E-state index contributed by atoms with van der Waals surface area (Å²) in [4.78, 5) is 3.69. The highest BCUT2D eigenvalue weighted by molar-refractivity contribution is 7.98. The lowest BCUT2D eigenvalue weighted by atomic mass is 10.5. The number of rotatable bonds is 6. The Morgan fingerprint density at radius 1 is 1.67 bits per heavy atom. The smallest absolute Gasteiger partial charge is 0.232 e. The first-order valence-corrected chi connectivity index (χ1v) is 8.23. The van der Waals surface area contributed by atoms with E-state index in [-0.39, 0.29) is 8.68 Å². The van der Waals surface area contributed by atoms with Crippen LogP contribution in [0, 0.1) is 0 Å². The molecule has 0 bridgehead atoms. The van der Waals surface area contributed by atoms with E-state index in [0.717, 1.165) is 23.5 Å². The van der Waals surface area contributed by atoms with Crippen molar-refractivity contribution < 1.29 is 8.42 Å². The molecule has 0 aromatic carbocycles. The van der Waals surface area contributed by atoms with E-state index in [9.17, 15) is 8.42 Å². The van der Waals surface area contributed by atoms with E-state index >= 15 is 0 Å². The Bertz CT molecular complexity index is 404. The highest BCUT2D eigenvalue weighted by atomic mass is 35.5. The van der Waals surface area contributed by atoms with Crippen LogP contribution >= 0.6 is 34.7 Å². The van der Waals surface area contributed by atoms with E-state index in [2.05, 4.69) is 9.71 Å². The fourth-order valence-corrected chi connectivity index (χ4v) is 3.70. The zero-order chi connectivity index (χ0) is 11.3. The van der Waals surface area contributed by atoms with Gasteiger partial charge in [0.05, 0.1) is 6.20 Å². The van der Waals surface area contributed by atoms with Gasteiger partial charge < -0.3 is 0 Å². The van der Waals surface area contributed by atoms with Crippen LogP contribution < -0.4 is 4.72 Å². The minimum absolute atomic E-state index is 0.164. The Balaban J connectivity index is 2.53. The molecule has 15 heavy (non-hydrogen) atoms. The molecule has 0 fully saturated rings. The molecular formula is C7H11ClN2O2S3. The van der Waals surface area contributed by atoms with Crippen LogP contribution in [0.2, 0.25) is 4.47 Å². The summed E-state index contributed by atoms with van der Waals surface area (Å²) < 4.78 is 26.1. The number of hydrogen-bond acceptors (Lipinski definition) is 5. The predicted octanol–water partition coefficient (Wildman–Crippen LogP) is 1.83. The largest absolute Gasteiger partial charge is 0.251 e. The molecule has 1 N–H and O–H groups in total. The second-order valence-corrected chi connectivity index (χ2v) is 7.27. The van der Waals surface area contributed by atoms with Crippen molar-refractivity contribution in [2.45, 2.75) is 10.6 Å². The molecule has 1 rings (SSSR count). The van der Waals surface area contributed by atoms with Crippen molar-refractivity contribution in [3.63, 3.8) is 0 Å². The number of nitrogens with zero attached hydrogens (tertiary/aromatic N) is 1. The summed E-state index contributed by atoms with van der Waals surface area (Å²) >= 11 is 8.21. The molecule has 0 saturated carbocycles. The molecule has 0 saturated heterocycles. The molecule has 0 aliphatic rings. The third-order valence-corrected chi connectivity index (χ3v) is 5.27. The normalized spacial score (nSPS) is 11.9. The Morgan fingerprint density at radius 2 is 2.40 bits per heavy atom. The number of sulfonamides is 1. The Kier molecular flexibility index (Phi) is 5.34. The highest BCUT2D eigenvalue weighted by Gasteiger charge is 2.16. The van der Waals surface area contributed by atoms with Crippen molar-refractivity contribution in [1.29, 1.82) is 0 Å². The fraction of sp³-hybridized carbons (Fsp3) is 0.571. The molecule has 0 amide bonds. The maximum absolute atomic E-state index is 11.6. The van der Waals surface area contributed by atoms with Crippen LogP contribution in [-0.4, -0.2) is 32.0 Å². The van der Waals surface area contributed by atoms with Crippen molar-refractivity contribution in [3.05, 3.63) is 10.7 Å². The molecule has 86 valence electrons. The minimum Gasteiger partial charge on any atom is -0.232 e. The monoisotopic (exact) mass is 286 g/mol. The molecule has 8 heteroatoms. The van der Waals surface area contributed by atoms with Gasteiger partial charge in [0, 0.05) is 6.54 Å². The standard InChI is InChI=1S/C7H11ClN2O2S3/c1-13-4-2-3-10-15(11,12)6-5-9-7(8)14-6/h5,10H,2-4H2,1H3. The van der Waals surface area contributed by atoms with E-state index < -0.39 is 10.0 Å². The second-order valence-electron chi connectivity index (χ2n) is 2.68. The van der Waals surface area contributed by atoms with Crippen molar-refractivity contribution in [2.75, 3.05) is 18.6 Å². The van der Waals surface area contributed by atoms with E-state index in [0.29, 0.717) is 6.54 Å². The molecule has 0 spiro atoms. The van der Waals surface area contributed by atoms with Crippen LogP contribution in [0.25, 0.3) is 0 Å². The first-order valence-electron chi connectivity index (χ1n) is 4.16. The van der Waals surface area contributed by atoms with Gasteiger partial charge in [-0.1, -0.05) is 22.9 Å². The van der Waals surface area contributed by atoms with Gasteiger partial charge in [-0.15, -0.1) is 0 Å². The van der Waals surface area contributed by atoms with E-state index in [1.54, 1.807) is 11.8 Å². The summed E-state index contributed by atoms with van der Waals surface area (Å²) in [6, 6.07) is 0. The molecule has 0 unspecified atom stereocenters. The van der Waals surface area contributed by atoms with E-state index in [1.165, 1.54) is 6.20 Å². The molecule has 0 aliphatic carbocycles. The van der Waals surface area contributed by atoms with Crippen LogP contribution in [0.5, 0.6) is 0 Å². The SMILES string of the molecule is CSCCCNS(=O)(=O)c1cnc(Cl)s1. The lowest BCUT2D eigenvalue weighted by Gasteiger charge is -2.02. The molecule has 1 aromatic heterocycles. The van der Waals surface area contributed by atoms with Crippen LogP contribution in [0.1, 0.15) is 6.42 Å². The first-order chi connectivity index (χ1) is 7.06. The predicted molar refractivity (Wildman–Crippen MR) is 65.3 cm³/mol. The third kappa shape index (κ3) is 4.28. The molecule has 4 nitrogen and oxygen atoms in total. The van der Waals surface area contributed by atoms with Gasteiger partial charge in [0.25, 0.3) is 10.0 Å². The van der Waals surface area contributed by atoms with Crippen molar-refractivity contribution in [1.82, 2.24) is 9.71 Å². The molecule has 1 aromatic rings. The minimum atomic E-state index is -3.41. The van der Waals surface area contributed by atoms with Crippen molar-refractivity contribution in [2.24, 2.45) is 0 Å². The molecular weight excluding hydrogens is 276 g/mol. The summed E-state index contributed by atoms with van der Waals surface area (Å²) in [5, 5.41) is 0. The van der Waals surface area contributed by atoms with Crippen molar-refractivity contribution >= 4 is 44.7 Å². The number of thiazole rings is 1. The lowest BCUT2D eigenvalue weighted by Crippen LogP contribution is -2.24. The summed E-state index contributed by atoms with van der Waals surface area (Å²) in [5.74, 6) is 0.936. The Morgan fingerprint density at radius 3 is 2.93 bits per heavy atom. The molecule has 0 aliphatic heterocycles. The van der Waals surface area contributed by atoms with Gasteiger partial charge in [-0.2, -0.15) is 11.8 Å². The fourth-order valence-electron chi connectivity index (χ4n) is 0.858. The first kappa shape index (κ1) is 13.2. The number of aromatic nitrogens is 1. The maximum atomic E-state index is 11.6. The van der Waals surface area contributed by atoms with Gasteiger partial charge in [0.15, 0.2) is 8.68 Å². The molecule has 0 radical (unpaired) electrons. The Hall–Kier alpha value is 0.180. The zero-order valence-electron chi connectivity index (χ0n) is 8.07. The van der Waals surface area contributed by atoms with Gasteiger partial charge in [-0.3, -0.25) is 0 Å². The van der Waals surface area contributed by atoms with Gasteiger partial charge in [-0.05, 0) is 18.4 Å². The maximum Gasteiger partial charge on any atom is 0.251 e. The average Bonchev–Trinajstić information content (AvgIpc) is 2.60. The Labute approximate surface area is 102 Å². The number of nitrogens with one attached hydrogen (secondary N) is 1. The molecule has 1 heterocycles. The number of thioether (sulfide) groups is 1. The van der Waals surface area contributed by atoms with Gasteiger partial charge >= 0.3 is 0 Å². The summed E-state index contributed by atoms with van der Waals surface area (Å²) in [7, 11) is -3.41. The number of hydrogen-bond donors (Lipinski definition) is 1. The summed E-state index contributed by atoms with van der Waals surface area (Å²) in [6.07, 6.45) is 4.06. The van der Waals surface area contributed by atoms with E-state index in [1.807, 2.05) is 6.26 Å². The number of halogens is 1. The van der Waals surface area contributed by atoms with Gasteiger partial charge in [-0.25, -0.2) is 18.1 Å². The summed E-state index contributed by atoms with van der Waals surface area (Å²) in [6.45, 7) is 0.443. The lowest BCUT2D eigenvalue weighted by molar-refractivity contribution is 0.583. The molecule has 0 atom stereocenters. The average molecular weight is 287 g/mol. The topological polar surface area (TPSA) is 59.1 Å². The van der Waals surface area contributed by atoms with Gasteiger partial charge in [0.1, 0.15) is 0 Å². The second kappa shape index (κ2) is 6.05. The van der Waals surface area contributed by atoms with Crippen LogP contribution in [-0.2, 0) is 10.0 Å². The van der Waals surface area contributed by atoms with Crippen molar-refractivity contribution in [3.8, 4) is 0 Å². The van der Waals surface area contributed by atoms with Gasteiger partial charge in [0.2, 0.25) is 0 Å².